The Kier molecular flexibility index (Phi) is 1.82. The lowest BCUT2D eigenvalue weighted by atomic mass is 9.99. The molecular weight excluding hydrogens is 196 g/mol. The van der Waals surface area contributed by atoms with E-state index < -0.39 is 11.9 Å². The van der Waals surface area contributed by atoms with Gasteiger partial charge in [-0.05, 0) is 12.8 Å². The van der Waals surface area contributed by atoms with Crippen LogP contribution in [-0.4, -0.2) is 20.6 Å². The molecule has 0 bridgehead atoms. The summed E-state index contributed by atoms with van der Waals surface area (Å²) < 4.78 is 7.32. The quantitative estimate of drug-likeness (QED) is 0.743. The van der Waals surface area contributed by atoms with Crippen LogP contribution in [0.5, 0.6) is 0 Å². The van der Waals surface area contributed by atoms with Crippen molar-refractivity contribution in [2.24, 2.45) is 0 Å². The third-order valence-corrected chi connectivity index (χ3v) is 3.15. The molecule has 0 saturated heterocycles. The highest BCUT2D eigenvalue weighted by atomic mass is 16.5. The van der Waals surface area contributed by atoms with Crippen molar-refractivity contribution in [1.82, 2.24) is 9.55 Å². The van der Waals surface area contributed by atoms with E-state index in [0.29, 0.717) is 19.6 Å². The molecule has 5 heteroatoms. The number of ether oxygens (including phenoxy) is 1. The smallest absolute Gasteiger partial charge is 0.314 e. The van der Waals surface area contributed by atoms with E-state index in [1.807, 2.05) is 4.57 Å². The number of hydrogen-bond donors (Lipinski definition) is 1. The number of hydrogen-bond acceptors (Lipinski definition) is 3. The Hall–Kier alpha value is -1.36. The fourth-order valence-corrected chi connectivity index (χ4v) is 2.41. The average molecular weight is 208 g/mol. The minimum Gasteiger partial charge on any atom is -0.481 e. The molecule has 0 aliphatic carbocycles. The lowest BCUT2D eigenvalue weighted by Crippen LogP contribution is -2.23. The van der Waals surface area contributed by atoms with E-state index in [2.05, 4.69) is 4.98 Å². The van der Waals surface area contributed by atoms with Gasteiger partial charge in [0, 0.05) is 6.54 Å². The van der Waals surface area contributed by atoms with Gasteiger partial charge in [-0.15, -0.1) is 0 Å². The summed E-state index contributed by atoms with van der Waals surface area (Å²) in [5, 5.41) is 9.09. The fraction of sp³-hybridized carbons (Fsp3) is 0.600. The second kappa shape index (κ2) is 3.06. The molecule has 5 nitrogen and oxygen atoms in total. The van der Waals surface area contributed by atoms with Gasteiger partial charge in [0.1, 0.15) is 11.7 Å². The molecule has 0 spiro atoms. The van der Waals surface area contributed by atoms with Crippen LogP contribution >= 0.6 is 0 Å². The summed E-state index contributed by atoms with van der Waals surface area (Å²) in [5.41, 5.74) is 2.01. The van der Waals surface area contributed by atoms with Gasteiger partial charge < -0.3 is 14.4 Å². The maximum atomic E-state index is 11.1. The Morgan fingerprint density at radius 3 is 3.20 bits per heavy atom. The first-order valence-corrected chi connectivity index (χ1v) is 5.16. The molecule has 1 aromatic rings. The molecule has 2 aliphatic heterocycles. The molecule has 1 atom stereocenters. The Morgan fingerprint density at radius 2 is 2.40 bits per heavy atom. The van der Waals surface area contributed by atoms with Gasteiger partial charge in [-0.1, -0.05) is 0 Å². The number of fused-ring (bicyclic) bond motifs is 3. The number of carboxylic acid groups (broad SMARTS) is 1. The zero-order chi connectivity index (χ0) is 10.4. The molecular formula is C10H12N2O3. The van der Waals surface area contributed by atoms with E-state index in [1.165, 1.54) is 0 Å². The van der Waals surface area contributed by atoms with Crippen LogP contribution in [-0.2, 0) is 29.3 Å². The molecule has 80 valence electrons. The van der Waals surface area contributed by atoms with Crippen LogP contribution in [0.3, 0.4) is 0 Å². The standard InChI is InChI=1S/C10H12N2O3/c13-10(14)6-2-1-3-12-8-5-15-4-7(8)11-9(6)12/h6H,1-5H2,(H,13,14). The SMILES string of the molecule is O=C(O)C1CCCn2c1nc1c2COC1. The maximum Gasteiger partial charge on any atom is 0.314 e. The third-order valence-electron chi connectivity index (χ3n) is 3.15. The van der Waals surface area contributed by atoms with Crippen LogP contribution < -0.4 is 0 Å². The number of carboxylic acids is 1. The van der Waals surface area contributed by atoms with Crippen LogP contribution in [0.4, 0.5) is 0 Å². The van der Waals surface area contributed by atoms with Crippen LogP contribution in [0.1, 0.15) is 36.0 Å². The molecule has 15 heavy (non-hydrogen) atoms. The molecule has 3 heterocycles. The Bertz CT molecular complexity index is 425. The highest BCUT2D eigenvalue weighted by Crippen LogP contribution is 2.32. The van der Waals surface area contributed by atoms with Gasteiger partial charge in [0.2, 0.25) is 0 Å². The van der Waals surface area contributed by atoms with E-state index in [9.17, 15) is 4.79 Å². The average Bonchev–Trinajstić information content (AvgIpc) is 2.75. The molecule has 0 saturated carbocycles. The van der Waals surface area contributed by atoms with Gasteiger partial charge in [0.15, 0.2) is 0 Å². The Labute approximate surface area is 86.7 Å². The number of nitrogens with zero attached hydrogens (tertiary/aromatic N) is 2. The van der Waals surface area contributed by atoms with Crippen LogP contribution in [0.2, 0.25) is 0 Å². The van der Waals surface area contributed by atoms with Gasteiger partial charge in [0.25, 0.3) is 0 Å². The summed E-state index contributed by atoms with van der Waals surface area (Å²) in [5.74, 6) is -0.466. The minimum absolute atomic E-state index is 0.427. The van der Waals surface area contributed by atoms with Crippen LogP contribution in [0.15, 0.2) is 0 Å². The Morgan fingerprint density at radius 1 is 1.53 bits per heavy atom. The number of rotatable bonds is 1. The van der Waals surface area contributed by atoms with Crippen LogP contribution in [0, 0.1) is 0 Å². The monoisotopic (exact) mass is 208 g/mol. The first-order chi connectivity index (χ1) is 7.27. The zero-order valence-electron chi connectivity index (χ0n) is 8.27. The summed E-state index contributed by atoms with van der Waals surface area (Å²) in [6.07, 6.45) is 1.61. The summed E-state index contributed by atoms with van der Waals surface area (Å²) in [6, 6.07) is 0. The first kappa shape index (κ1) is 8.91. The topological polar surface area (TPSA) is 64.3 Å². The van der Waals surface area contributed by atoms with E-state index in [1.54, 1.807) is 0 Å². The lowest BCUT2D eigenvalue weighted by Gasteiger charge is -2.21. The minimum atomic E-state index is -0.763. The molecule has 1 aromatic heterocycles. The molecule has 2 aliphatic rings. The number of carbonyl (C=O) groups is 1. The van der Waals surface area contributed by atoms with Gasteiger partial charge in [-0.2, -0.15) is 0 Å². The Balaban J connectivity index is 2.09. The predicted octanol–water partition coefficient (Wildman–Crippen LogP) is 0.875. The number of aliphatic carboxylic acids is 1. The van der Waals surface area contributed by atoms with Crippen molar-refractivity contribution in [2.75, 3.05) is 0 Å². The number of aromatic nitrogens is 2. The summed E-state index contributed by atoms with van der Waals surface area (Å²) in [4.78, 5) is 15.5. The third kappa shape index (κ3) is 1.19. The molecule has 0 aromatic carbocycles. The normalized spacial score (nSPS) is 23.6. The highest BCUT2D eigenvalue weighted by Gasteiger charge is 2.32. The van der Waals surface area contributed by atoms with E-state index >= 15 is 0 Å². The summed E-state index contributed by atoms with van der Waals surface area (Å²) >= 11 is 0. The second-order valence-corrected chi connectivity index (χ2v) is 4.04. The largest absolute Gasteiger partial charge is 0.481 e. The second-order valence-electron chi connectivity index (χ2n) is 4.04. The molecule has 1 N–H and O–H groups in total. The first-order valence-electron chi connectivity index (χ1n) is 5.16. The van der Waals surface area contributed by atoms with Crippen molar-refractivity contribution < 1.29 is 14.6 Å². The van der Waals surface area contributed by atoms with Crippen molar-refractivity contribution >= 4 is 5.97 Å². The van der Waals surface area contributed by atoms with E-state index in [0.717, 1.165) is 30.2 Å². The van der Waals surface area contributed by atoms with Gasteiger partial charge in [-0.25, -0.2) is 4.98 Å². The van der Waals surface area contributed by atoms with Gasteiger partial charge in [-0.3, -0.25) is 4.79 Å². The maximum absolute atomic E-state index is 11.1. The molecule has 0 radical (unpaired) electrons. The van der Waals surface area contributed by atoms with Gasteiger partial charge >= 0.3 is 5.97 Å². The summed E-state index contributed by atoms with van der Waals surface area (Å²) in [6.45, 7) is 1.99. The predicted molar refractivity (Wildman–Crippen MR) is 50.3 cm³/mol. The molecule has 3 rings (SSSR count). The molecule has 0 amide bonds. The fourth-order valence-electron chi connectivity index (χ4n) is 2.41. The van der Waals surface area contributed by atoms with Crippen molar-refractivity contribution in [1.29, 1.82) is 0 Å². The highest BCUT2D eigenvalue weighted by molar-refractivity contribution is 5.75. The van der Waals surface area contributed by atoms with Crippen molar-refractivity contribution in [3.63, 3.8) is 0 Å². The zero-order valence-corrected chi connectivity index (χ0v) is 8.27. The van der Waals surface area contributed by atoms with Crippen molar-refractivity contribution in [3.8, 4) is 0 Å². The number of imidazole rings is 1. The van der Waals surface area contributed by atoms with E-state index in [4.69, 9.17) is 9.84 Å². The lowest BCUT2D eigenvalue weighted by molar-refractivity contribution is -0.139. The van der Waals surface area contributed by atoms with Gasteiger partial charge in [0.05, 0.1) is 24.6 Å². The molecule has 1 unspecified atom stereocenters. The molecule has 0 fully saturated rings. The van der Waals surface area contributed by atoms with Crippen molar-refractivity contribution in [2.45, 2.75) is 38.5 Å². The summed E-state index contributed by atoms with van der Waals surface area (Å²) in [7, 11) is 0. The van der Waals surface area contributed by atoms with Crippen molar-refractivity contribution in [3.05, 3.63) is 17.2 Å². The van der Waals surface area contributed by atoms with Crippen LogP contribution in [0.25, 0.3) is 0 Å². The van der Waals surface area contributed by atoms with E-state index in [-0.39, 0.29) is 0 Å².